The van der Waals surface area contributed by atoms with E-state index in [9.17, 15) is 4.79 Å². The average molecular weight is 390 g/mol. The van der Waals surface area contributed by atoms with Gasteiger partial charge in [-0.15, -0.1) is 23.7 Å². The maximum absolute atomic E-state index is 12.3. The molecule has 0 bridgehead atoms. The van der Waals surface area contributed by atoms with Gasteiger partial charge in [-0.2, -0.15) is 0 Å². The monoisotopic (exact) mass is 388 g/mol. The van der Waals surface area contributed by atoms with E-state index >= 15 is 0 Å². The molecule has 3 nitrogen and oxygen atoms in total. The summed E-state index contributed by atoms with van der Waals surface area (Å²) >= 11 is 5.04. The van der Waals surface area contributed by atoms with Gasteiger partial charge in [-0.25, -0.2) is 0 Å². The third-order valence-corrected chi connectivity index (χ3v) is 4.69. The van der Waals surface area contributed by atoms with Crippen molar-refractivity contribution in [2.45, 2.75) is 19.0 Å². The van der Waals surface area contributed by atoms with Crippen molar-refractivity contribution in [3.8, 4) is 0 Å². The highest BCUT2D eigenvalue weighted by Gasteiger charge is 2.18. The molecule has 0 saturated heterocycles. The summed E-state index contributed by atoms with van der Waals surface area (Å²) in [7, 11) is 1.79. The van der Waals surface area contributed by atoms with Crippen molar-refractivity contribution in [2.24, 2.45) is 5.73 Å². The van der Waals surface area contributed by atoms with E-state index in [2.05, 4.69) is 15.9 Å². The van der Waals surface area contributed by atoms with Gasteiger partial charge >= 0.3 is 0 Å². The van der Waals surface area contributed by atoms with Crippen LogP contribution in [0, 0.1) is 0 Å². The van der Waals surface area contributed by atoms with Crippen molar-refractivity contribution in [1.29, 1.82) is 0 Å². The maximum atomic E-state index is 12.3. The van der Waals surface area contributed by atoms with Gasteiger partial charge in [-0.3, -0.25) is 4.79 Å². The number of carbonyl (C=O) groups is 1. The molecule has 2 N–H and O–H groups in total. The van der Waals surface area contributed by atoms with Crippen LogP contribution in [0.1, 0.15) is 10.4 Å². The molecule has 0 radical (unpaired) electrons. The molecule has 1 aromatic carbocycles. The molecule has 0 spiro atoms. The molecule has 2 aromatic rings. The average Bonchev–Trinajstić information content (AvgIpc) is 2.84. The van der Waals surface area contributed by atoms with Gasteiger partial charge in [0, 0.05) is 21.8 Å². The van der Waals surface area contributed by atoms with Crippen molar-refractivity contribution in [1.82, 2.24) is 4.90 Å². The molecule has 0 aliphatic carbocycles. The van der Waals surface area contributed by atoms with Crippen LogP contribution in [0.15, 0.2) is 46.3 Å². The Kier molecular flexibility index (Phi) is 7.39. The highest BCUT2D eigenvalue weighted by molar-refractivity contribution is 9.10. The van der Waals surface area contributed by atoms with Crippen LogP contribution in [0.2, 0.25) is 0 Å². The van der Waals surface area contributed by atoms with Crippen molar-refractivity contribution in [2.75, 3.05) is 7.05 Å². The second-order valence-corrected chi connectivity index (χ2v) is 6.63. The van der Waals surface area contributed by atoms with E-state index in [1.165, 1.54) is 0 Å². The van der Waals surface area contributed by atoms with Gasteiger partial charge in [0.2, 0.25) is 5.91 Å². The van der Waals surface area contributed by atoms with Crippen LogP contribution in [0.5, 0.6) is 0 Å². The smallest absolute Gasteiger partial charge is 0.239 e. The largest absolute Gasteiger partial charge is 0.339 e. The normalized spacial score (nSPS) is 11.6. The highest BCUT2D eigenvalue weighted by atomic mass is 79.9. The van der Waals surface area contributed by atoms with Crippen LogP contribution in [-0.2, 0) is 17.8 Å². The van der Waals surface area contributed by atoms with Gasteiger partial charge in [0.1, 0.15) is 0 Å². The number of hydrogen-bond donors (Lipinski definition) is 1. The fraction of sp³-hybridized carbons (Fsp3) is 0.267. The Morgan fingerprint density at radius 3 is 2.62 bits per heavy atom. The maximum Gasteiger partial charge on any atom is 0.239 e. The van der Waals surface area contributed by atoms with Gasteiger partial charge in [0.15, 0.2) is 0 Å². The minimum absolute atomic E-state index is 0. The van der Waals surface area contributed by atoms with E-state index in [-0.39, 0.29) is 18.3 Å². The van der Waals surface area contributed by atoms with Crippen molar-refractivity contribution in [3.63, 3.8) is 0 Å². The lowest BCUT2D eigenvalue weighted by Gasteiger charge is -2.20. The van der Waals surface area contributed by atoms with Crippen molar-refractivity contribution >= 4 is 45.6 Å². The SMILES string of the molecule is CN(Cc1cc(Br)cs1)C(=O)C(N)Cc1ccccc1.Cl. The molecule has 0 fully saturated rings. The first-order valence-corrected chi connectivity index (χ1v) is 8.01. The van der Waals surface area contributed by atoms with Crippen molar-refractivity contribution in [3.05, 3.63) is 56.7 Å². The lowest BCUT2D eigenvalue weighted by atomic mass is 10.1. The zero-order valence-corrected chi connectivity index (χ0v) is 14.9. The quantitative estimate of drug-likeness (QED) is 0.851. The molecule has 1 heterocycles. The molecule has 1 amide bonds. The van der Waals surface area contributed by atoms with Crippen LogP contribution in [-0.4, -0.2) is 23.9 Å². The highest BCUT2D eigenvalue weighted by Crippen LogP contribution is 2.21. The summed E-state index contributed by atoms with van der Waals surface area (Å²) < 4.78 is 1.05. The number of nitrogens with two attached hydrogens (primary N) is 1. The van der Waals surface area contributed by atoms with E-state index in [4.69, 9.17) is 5.73 Å². The minimum atomic E-state index is -0.495. The second-order valence-electron chi connectivity index (χ2n) is 4.72. The van der Waals surface area contributed by atoms with Gasteiger partial charge in [0.25, 0.3) is 0 Å². The Hall–Kier alpha value is -0.880. The standard InChI is InChI=1S/C15H17BrN2OS.ClH/c1-18(9-13-8-12(16)10-20-13)15(19)14(17)7-11-5-3-2-4-6-11;/h2-6,8,10,14H,7,9,17H2,1H3;1H. The second kappa shape index (κ2) is 8.54. The molecule has 0 aliphatic rings. The molecule has 1 aromatic heterocycles. The fourth-order valence-corrected chi connectivity index (χ4v) is 3.49. The predicted octanol–water partition coefficient (Wildman–Crippen LogP) is 3.46. The molecule has 2 rings (SSSR count). The summed E-state index contributed by atoms with van der Waals surface area (Å²) in [6.45, 7) is 0.595. The Balaban J connectivity index is 0.00000220. The number of amides is 1. The molecule has 0 aliphatic heterocycles. The lowest BCUT2D eigenvalue weighted by molar-refractivity contribution is -0.131. The zero-order chi connectivity index (χ0) is 14.5. The minimum Gasteiger partial charge on any atom is -0.339 e. The number of carbonyl (C=O) groups excluding carboxylic acids is 1. The topological polar surface area (TPSA) is 46.3 Å². The lowest BCUT2D eigenvalue weighted by Crippen LogP contribution is -2.42. The van der Waals surface area contributed by atoms with Crippen molar-refractivity contribution < 1.29 is 4.79 Å². The number of benzene rings is 1. The van der Waals surface area contributed by atoms with Gasteiger partial charge in [0.05, 0.1) is 12.6 Å². The summed E-state index contributed by atoms with van der Waals surface area (Å²) in [6.07, 6.45) is 0.568. The molecule has 114 valence electrons. The molecule has 6 heteroatoms. The van der Waals surface area contributed by atoms with E-state index in [0.717, 1.165) is 14.9 Å². The summed E-state index contributed by atoms with van der Waals surface area (Å²) in [6, 6.07) is 11.4. The van der Waals surface area contributed by atoms with Crippen LogP contribution in [0.4, 0.5) is 0 Å². The predicted molar refractivity (Wildman–Crippen MR) is 93.9 cm³/mol. The van der Waals surface area contributed by atoms with E-state index in [1.807, 2.05) is 41.8 Å². The summed E-state index contributed by atoms with van der Waals surface area (Å²) in [5.74, 6) is -0.0293. The van der Waals surface area contributed by atoms with Gasteiger partial charge in [-0.1, -0.05) is 30.3 Å². The van der Waals surface area contributed by atoms with E-state index in [0.29, 0.717) is 13.0 Å². The number of rotatable bonds is 5. The Labute approximate surface area is 143 Å². The van der Waals surface area contributed by atoms with E-state index < -0.39 is 6.04 Å². The summed E-state index contributed by atoms with van der Waals surface area (Å²) in [4.78, 5) is 15.1. The molecule has 0 saturated carbocycles. The van der Waals surface area contributed by atoms with Gasteiger partial charge < -0.3 is 10.6 Å². The third kappa shape index (κ3) is 5.43. The summed E-state index contributed by atoms with van der Waals surface area (Å²) in [5.41, 5.74) is 7.10. The van der Waals surface area contributed by atoms with Crippen LogP contribution >= 0.6 is 39.7 Å². The number of likely N-dealkylation sites (N-methyl/N-ethyl adjacent to an activating group) is 1. The Bertz CT molecular complexity index is 576. The number of hydrogen-bond acceptors (Lipinski definition) is 3. The Morgan fingerprint density at radius 1 is 1.38 bits per heavy atom. The van der Waals surface area contributed by atoms with Crippen LogP contribution in [0.3, 0.4) is 0 Å². The first kappa shape index (κ1) is 18.2. The van der Waals surface area contributed by atoms with Crippen LogP contribution < -0.4 is 5.73 Å². The molecule has 21 heavy (non-hydrogen) atoms. The number of halogens is 2. The van der Waals surface area contributed by atoms with Crippen LogP contribution in [0.25, 0.3) is 0 Å². The van der Waals surface area contributed by atoms with Gasteiger partial charge in [-0.05, 0) is 34.0 Å². The molecular formula is C15H18BrClN2OS. The third-order valence-electron chi connectivity index (χ3n) is 3.01. The molecular weight excluding hydrogens is 372 g/mol. The fourth-order valence-electron chi connectivity index (χ4n) is 1.99. The van der Waals surface area contributed by atoms with E-state index in [1.54, 1.807) is 23.3 Å². The number of thiophene rings is 1. The molecule has 1 unspecified atom stereocenters. The first-order valence-electron chi connectivity index (χ1n) is 6.33. The zero-order valence-electron chi connectivity index (χ0n) is 11.7. The number of nitrogens with zero attached hydrogens (tertiary/aromatic N) is 1. The first-order chi connectivity index (χ1) is 9.56. The summed E-state index contributed by atoms with van der Waals surface area (Å²) in [5, 5.41) is 2.01. The Morgan fingerprint density at radius 2 is 2.05 bits per heavy atom. The molecule has 1 atom stereocenters.